The van der Waals surface area contributed by atoms with Crippen LogP contribution in [0.2, 0.25) is 0 Å². The first-order chi connectivity index (χ1) is 8.69. The molecule has 4 nitrogen and oxygen atoms in total. The molecule has 0 saturated heterocycles. The lowest BCUT2D eigenvalue weighted by atomic mass is 10.1. The average molecular weight is 247 g/mol. The summed E-state index contributed by atoms with van der Waals surface area (Å²) in [6.45, 7) is 3.07. The SMILES string of the molecule is CNc1cc(C(=O)NCC2CCC(C)C2)ccn1. The van der Waals surface area contributed by atoms with Crippen molar-refractivity contribution in [1.82, 2.24) is 10.3 Å². The number of aromatic nitrogens is 1. The zero-order chi connectivity index (χ0) is 13.0. The molecule has 1 aliphatic rings. The van der Waals surface area contributed by atoms with Gasteiger partial charge in [-0.25, -0.2) is 4.98 Å². The Balaban J connectivity index is 1.87. The molecule has 2 unspecified atom stereocenters. The van der Waals surface area contributed by atoms with Crippen molar-refractivity contribution >= 4 is 11.7 Å². The van der Waals surface area contributed by atoms with E-state index < -0.39 is 0 Å². The van der Waals surface area contributed by atoms with Gasteiger partial charge in [0, 0.05) is 25.4 Å². The van der Waals surface area contributed by atoms with E-state index in [0.717, 1.165) is 18.3 Å². The van der Waals surface area contributed by atoms with E-state index in [9.17, 15) is 4.79 Å². The van der Waals surface area contributed by atoms with Gasteiger partial charge in [0.15, 0.2) is 0 Å². The van der Waals surface area contributed by atoms with Crippen molar-refractivity contribution in [3.63, 3.8) is 0 Å². The molecule has 18 heavy (non-hydrogen) atoms. The van der Waals surface area contributed by atoms with Crippen molar-refractivity contribution in [2.45, 2.75) is 26.2 Å². The number of anilines is 1. The first-order valence-corrected chi connectivity index (χ1v) is 6.61. The third-order valence-corrected chi connectivity index (χ3v) is 3.63. The van der Waals surface area contributed by atoms with Gasteiger partial charge in [0.25, 0.3) is 5.91 Å². The second-order valence-electron chi connectivity index (χ2n) is 5.17. The molecule has 0 radical (unpaired) electrons. The number of carbonyl (C=O) groups excluding carboxylic acids is 1. The fraction of sp³-hybridized carbons (Fsp3) is 0.571. The molecule has 1 aliphatic carbocycles. The summed E-state index contributed by atoms with van der Waals surface area (Å²) in [6, 6.07) is 3.51. The molecule has 98 valence electrons. The highest BCUT2D eigenvalue weighted by atomic mass is 16.1. The Morgan fingerprint density at radius 3 is 3.00 bits per heavy atom. The molecule has 1 amide bonds. The van der Waals surface area contributed by atoms with Gasteiger partial charge in [0.2, 0.25) is 0 Å². The average Bonchev–Trinajstić information content (AvgIpc) is 2.82. The minimum Gasteiger partial charge on any atom is -0.373 e. The van der Waals surface area contributed by atoms with Crippen LogP contribution in [0.4, 0.5) is 5.82 Å². The van der Waals surface area contributed by atoms with Crippen molar-refractivity contribution in [2.75, 3.05) is 18.9 Å². The Labute approximate surface area is 108 Å². The number of hydrogen-bond acceptors (Lipinski definition) is 3. The molecular formula is C14H21N3O. The van der Waals surface area contributed by atoms with Crippen LogP contribution in [0, 0.1) is 11.8 Å². The van der Waals surface area contributed by atoms with Gasteiger partial charge in [0.1, 0.15) is 5.82 Å². The van der Waals surface area contributed by atoms with Gasteiger partial charge in [0.05, 0.1) is 0 Å². The van der Waals surface area contributed by atoms with Crippen molar-refractivity contribution in [1.29, 1.82) is 0 Å². The second kappa shape index (κ2) is 5.85. The fourth-order valence-corrected chi connectivity index (χ4v) is 2.56. The van der Waals surface area contributed by atoms with Gasteiger partial charge in [-0.15, -0.1) is 0 Å². The van der Waals surface area contributed by atoms with Crippen LogP contribution in [0.1, 0.15) is 36.5 Å². The first kappa shape index (κ1) is 12.9. The van der Waals surface area contributed by atoms with Gasteiger partial charge < -0.3 is 10.6 Å². The van der Waals surface area contributed by atoms with Crippen LogP contribution in [0.25, 0.3) is 0 Å². The summed E-state index contributed by atoms with van der Waals surface area (Å²) in [5, 5.41) is 5.95. The van der Waals surface area contributed by atoms with Crippen LogP contribution >= 0.6 is 0 Å². The van der Waals surface area contributed by atoms with Crippen molar-refractivity contribution in [2.24, 2.45) is 11.8 Å². The zero-order valence-electron chi connectivity index (χ0n) is 11.1. The maximum atomic E-state index is 12.0. The van der Waals surface area contributed by atoms with E-state index in [2.05, 4.69) is 22.5 Å². The Bertz CT molecular complexity index is 419. The fourth-order valence-electron chi connectivity index (χ4n) is 2.56. The molecule has 1 saturated carbocycles. The molecular weight excluding hydrogens is 226 g/mol. The van der Waals surface area contributed by atoms with E-state index in [1.54, 1.807) is 25.4 Å². The third-order valence-electron chi connectivity index (χ3n) is 3.63. The molecule has 4 heteroatoms. The van der Waals surface area contributed by atoms with E-state index in [0.29, 0.717) is 11.5 Å². The summed E-state index contributed by atoms with van der Waals surface area (Å²) >= 11 is 0. The molecule has 2 atom stereocenters. The van der Waals surface area contributed by atoms with E-state index in [1.165, 1.54) is 19.3 Å². The van der Waals surface area contributed by atoms with Crippen LogP contribution in [-0.2, 0) is 0 Å². The second-order valence-corrected chi connectivity index (χ2v) is 5.17. The number of carbonyl (C=O) groups is 1. The Kier molecular flexibility index (Phi) is 4.18. The topological polar surface area (TPSA) is 54.0 Å². The summed E-state index contributed by atoms with van der Waals surface area (Å²) in [4.78, 5) is 16.1. The zero-order valence-corrected chi connectivity index (χ0v) is 11.1. The predicted octanol–water partition coefficient (Wildman–Crippen LogP) is 2.29. The standard InChI is InChI=1S/C14H21N3O/c1-10-3-4-11(7-10)9-17-14(18)12-5-6-16-13(8-12)15-2/h5-6,8,10-11H,3-4,7,9H2,1-2H3,(H,15,16)(H,17,18). The number of rotatable bonds is 4. The van der Waals surface area contributed by atoms with Crippen LogP contribution < -0.4 is 10.6 Å². The number of pyridine rings is 1. The van der Waals surface area contributed by atoms with Gasteiger partial charge >= 0.3 is 0 Å². The minimum absolute atomic E-state index is 0.00606. The van der Waals surface area contributed by atoms with Gasteiger partial charge in [-0.3, -0.25) is 4.79 Å². The maximum Gasteiger partial charge on any atom is 0.251 e. The highest BCUT2D eigenvalue weighted by molar-refractivity contribution is 5.94. The predicted molar refractivity (Wildman–Crippen MR) is 72.6 cm³/mol. The molecule has 2 N–H and O–H groups in total. The Morgan fingerprint density at radius 2 is 2.33 bits per heavy atom. The first-order valence-electron chi connectivity index (χ1n) is 6.61. The van der Waals surface area contributed by atoms with Crippen LogP contribution in [0.3, 0.4) is 0 Å². The van der Waals surface area contributed by atoms with Gasteiger partial charge in [-0.1, -0.05) is 13.3 Å². The van der Waals surface area contributed by atoms with Crippen LogP contribution in [-0.4, -0.2) is 24.5 Å². The van der Waals surface area contributed by atoms with Crippen molar-refractivity contribution < 1.29 is 4.79 Å². The molecule has 0 aliphatic heterocycles. The molecule has 1 heterocycles. The van der Waals surface area contributed by atoms with E-state index in [1.807, 2.05) is 0 Å². The van der Waals surface area contributed by atoms with E-state index in [-0.39, 0.29) is 5.91 Å². The number of nitrogens with one attached hydrogen (secondary N) is 2. The maximum absolute atomic E-state index is 12.0. The summed E-state index contributed by atoms with van der Waals surface area (Å²) in [7, 11) is 1.80. The van der Waals surface area contributed by atoms with Crippen LogP contribution in [0.5, 0.6) is 0 Å². The number of amides is 1. The van der Waals surface area contributed by atoms with E-state index in [4.69, 9.17) is 0 Å². The quantitative estimate of drug-likeness (QED) is 0.858. The number of hydrogen-bond donors (Lipinski definition) is 2. The van der Waals surface area contributed by atoms with E-state index >= 15 is 0 Å². The lowest BCUT2D eigenvalue weighted by Crippen LogP contribution is -2.28. The third kappa shape index (κ3) is 3.22. The molecule has 1 aromatic rings. The lowest BCUT2D eigenvalue weighted by molar-refractivity contribution is 0.0947. The highest BCUT2D eigenvalue weighted by Gasteiger charge is 2.21. The Morgan fingerprint density at radius 1 is 1.50 bits per heavy atom. The molecule has 0 aromatic carbocycles. The van der Waals surface area contributed by atoms with Crippen molar-refractivity contribution in [3.8, 4) is 0 Å². The molecule has 0 bridgehead atoms. The monoisotopic (exact) mass is 247 g/mol. The molecule has 0 spiro atoms. The minimum atomic E-state index is -0.00606. The highest BCUT2D eigenvalue weighted by Crippen LogP contribution is 2.29. The normalized spacial score (nSPS) is 22.8. The Hall–Kier alpha value is -1.58. The smallest absolute Gasteiger partial charge is 0.251 e. The van der Waals surface area contributed by atoms with Crippen LogP contribution in [0.15, 0.2) is 18.3 Å². The molecule has 1 aromatic heterocycles. The summed E-state index contributed by atoms with van der Waals surface area (Å²) < 4.78 is 0. The largest absolute Gasteiger partial charge is 0.373 e. The van der Waals surface area contributed by atoms with Gasteiger partial charge in [-0.2, -0.15) is 0 Å². The summed E-state index contributed by atoms with van der Waals surface area (Å²) in [5.74, 6) is 2.17. The summed E-state index contributed by atoms with van der Waals surface area (Å²) in [5.41, 5.74) is 0.667. The molecule has 1 fully saturated rings. The molecule has 2 rings (SSSR count). The van der Waals surface area contributed by atoms with Gasteiger partial charge in [-0.05, 0) is 36.8 Å². The van der Waals surface area contributed by atoms with Crippen molar-refractivity contribution in [3.05, 3.63) is 23.9 Å². The summed E-state index contributed by atoms with van der Waals surface area (Å²) in [6.07, 6.45) is 5.41. The number of nitrogens with zero attached hydrogens (tertiary/aromatic N) is 1. The lowest BCUT2D eigenvalue weighted by Gasteiger charge is -2.11.